The molecule has 3 aromatic rings. The zero-order valence-electron chi connectivity index (χ0n) is 18.9. The number of sulfone groups is 1. The van der Waals surface area contributed by atoms with Crippen LogP contribution in [0.2, 0.25) is 0 Å². The molecule has 1 spiro atoms. The second kappa shape index (κ2) is 7.33. The SMILES string of the molecule is CC(C)(C)c1nc(C2NCCC23COC3)c2ncn(Cc3ccccc3S(C)(=O)=O)c2n1. The van der Waals surface area contributed by atoms with E-state index in [-0.39, 0.29) is 16.9 Å². The average molecular weight is 456 g/mol. The molecular formula is C23H29N5O3S. The first-order valence-electron chi connectivity index (χ1n) is 10.9. The first-order valence-corrected chi connectivity index (χ1v) is 12.8. The summed E-state index contributed by atoms with van der Waals surface area (Å²) in [6.45, 7) is 9.04. The van der Waals surface area contributed by atoms with Crippen molar-refractivity contribution in [2.45, 2.75) is 50.1 Å². The number of ether oxygens (including phenoxy) is 1. The monoisotopic (exact) mass is 455 g/mol. The number of rotatable bonds is 4. The zero-order valence-corrected chi connectivity index (χ0v) is 19.7. The molecule has 1 aromatic carbocycles. The summed E-state index contributed by atoms with van der Waals surface area (Å²) in [6, 6.07) is 7.15. The summed E-state index contributed by atoms with van der Waals surface area (Å²) in [5.74, 6) is 0.752. The number of nitrogens with one attached hydrogen (secondary N) is 1. The Balaban J connectivity index is 1.66. The molecule has 4 heterocycles. The molecule has 0 bridgehead atoms. The maximum absolute atomic E-state index is 12.3. The fraction of sp³-hybridized carbons (Fsp3) is 0.522. The Kier molecular flexibility index (Phi) is 4.92. The minimum atomic E-state index is -3.34. The van der Waals surface area contributed by atoms with E-state index >= 15 is 0 Å². The Hall–Kier alpha value is -2.36. The molecule has 0 radical (unpaired) electrons. The molecular weight excluding hydrogens is 426 g/mol. The standard InChI is InChI=1S/C23H29N5O3S/c1-22(2,3)21-26-17(19-23(9-10-24-19)12-31-13-23)18-20(27-21)28(14-25-18)11-15-7-5-6-8-16(15)32(4,29)30/h5-8,14,19,24H,9-13H2,1-4H3. The third-order valence-electron chi connectivity index (χ3n) is 6.51. The number of hydrogen-bond donors (Lipinski definition) is 1. The molecule has 0 aliphatic carbocycles. The van der Waals surface area contributed by atoms with Crippen LogP contribution >= 0.6 is 0 Å². The van der Waals surface area contributed by atoms with E-state index in [1.54, 1.807) is 18.5 Å². The lowest BCUT2D eigenvalue weighted by Gasteiger charge is -2.42. The van der Waals surface area contributed by atoms with Crippen molar-refractivity contribution < 1.29 is 13.2 Å². The van der Waals surface area contributed by atoms with Gasteiger partial charge in [0.15, 0.2) is 15.5 Å². The molecule has 2 aliphatic heterocycles. The highest BCUT2D eigenvalue weighted by Gasteiger charge is 2.51. The van der Waals surface area contributed by atoms with Gasteiger partial charge in [0.1, 0.15) is 11.3 Å². The van der Waals surface area contributed by atoms with E-state index in [1.807, 2.05) is 16.7 Å². The molecule has 1 unspecified atom stereocenters. The van der Waals surface area contributed by atoms with E-state index in [0.717, 1.165) is 54.4 Å². The van der Waals surface area contributed by atoms with E-state index in [4.69, 9.17) is 19.7 Å². The molecule has 32 heavy (non-hydrogen) atoms. The van der Waals surface area contributed by atoms with Gasteiger partial charge in [-0.15, -0.1) is 0 Å². The number of hydrogen-bond acceptors (Lipinski definition) is 7. The fourth-order valence-corrected chi connectivity index (χ4v) is 5.62. The van der Waals surface area contributed by atoms with Crippen LogP contribution < -0.4 is 5.32 Å². The lowest BCUT2D eigenvalue weighted by Crippen LogP contribution is -2.46. The second-order valence-electron chi connectivity index (χ2n) is 10.1. The van der Waals surface area contributed by atoms with Crippen molar-refractivity contribution in [1.82, 2.24) is 24.8 Å². The topological polar surface area (TPSA) is 99.0 Å². The summed E-state index contributed by atoms with van der Waals surface area (Å²) in [4.78, 5) is 14.9. The van der Waals surface area contributed by atoms with Crippen molar-refractivity contribution in [2.75, 3.05) is 26.0 Å². The molecule has 1 N–H and O–H groups in total. The van der Waals surface area contributed by atoms with Crippen molar-refractivity contribution in [1.29, 1.82) is 0 Å². The van der Waals surface area contributed by atoms with Gasteiger partial charge in [0, 0.05) is 17.1 Å². The summed E-state index contributed by atoms with van der Waals surface area (Å²) in [7, 11) is -3.34. The molecule has 8 nitrogen and oxygen atoms in total. The van der Waals surface area contributed by atoms with Crippen molar-refractivity contribution in [2.24, 2.45) is 5.41 Å². The predicted octanol–water partition coefficient (Wildman–Crippen LogP) is 2.63. The molecule has 2 fully saturated rings. The lowest BCUT2D eigenvalue weighted by atomic mass is 9.77. The number of imidazole rings is 1. The number of nitrogens with zero attached hydrogens (tertiary/aromatic N) is 4. The summed E-state index contributed by atoms with van der Waals surface area (Å²) in [5, 5.41) is 3.63. The van der Waals surface area contributed by atoms with E-state index in [2.05, 4.69) is 26.1 Å². The van der Waals surface area contributed by atoms with Crippen LogP contribution in [0.25, 0.3) is 11.2 Å². The molecule has 2 saturated heterocycles. The molecule has 2 aromatic heterocycles. The van der Waals surface area contributed by atoms with Gasteiger partial charge < -0.3 is 14.6 Å². The maximum Gasteiger partial charge on any atom is 0.175 e. The van der Waals surface area contributed by atoms with Crippen LogP contribution in [0, 0.1) is 5.41 Å². The fourth-order valence-electron chi connectivity index (χ4n) is 4.69. The summed E-state index contributed by atoms with van der Waals surface area (Å²) in [5.41, 5.74) is 2.94. The Morgan fingerprint density at radius 1 is 1.22 bits per heavy atom. The smallest absolute Gasteiger partial charge is 0.175 e. The van der Waals surface area contributed by atoms with E-state index < -0.39 is 9.84 Å². The van der Waals surface area contributed by atoms with Gasteiger partial charge >= 0.3 is 0 Å². The van der Waals surface area contributed by atoms with Crippen LogP contribution in [0.4, 0.5) is 0 Å². The van der Waals surface area contributed by atoms with Crippen LogP contribution in [0.1, 0.15) is 50.3 Å². The Bertz CT molecular complexity index is 1290. The molecule has 9 heteroatoms. The Morgan fingerprint density at radius 2 is 1.97 bits per heavy atom. The van der Waals surface area contributed by atoms with Gasteiger partial charge in [-0.3, -0.25) is 0 Å². The van der Waals surface area contributed by atoms with Gasteiger partial charge in [-0.05, 0) is 24.6 Å². The van der Waals surface area contributed by atoms with Gasteiger partial charge in [0.05, 0.1) is 42.7 Å². The first kappa shape index (κ1) is 21.5. The summed E-state index contributed by atoms with van der Waals surface area (Å²) < 4.78 is 32.1. The van der Waals surface area contributed by atoms with Gasteiger partial charge in [-0.25, -0.2) is 23.4 Å². The Labute approximate surface area is 188 Å². The molecule has 0 saturated carbocycles. The lowest BCUT2D eigenvalue weighted by molar-refractivity contribution is -0.119. The molecule has 0 amide bonds. The van der Waals surface area contributed by atoms with Crippen LogP contribution in [-0.2, 0) is 26.5 Å². The van der Waals surface area contributed by atoms with Crippen LogP contribution in [0.15, 0.2) is 35.5 Å². The molecule has 1 atom stereocenters. The molecule has 2 aliphatic rings. The van der Waals surface area contributed by atoms with Gasteiger partial charge in [-0.2, -0.15) is 0 Å². The van der Waals surface area contributed by atoms with Gasteiger partial charge in [-0.1, -0.05) is 39.0 Å². The van der Waals surface area contributed by atoms with Crippen molar-refractivity contribution >= 4 is 21.0 Å². The summed E-state index contributed by atoms with van der Waals surface area (Å²) >= 11 is 0. The highest BCUT2D eigenvalue weighted by atomic mass is 32.2. The maximum atomic E-state index is 12.3. The van der Waals surface area contributed by atoms with Crippen LogP contribution in [0.3, 0.4) is 0 Å². The summed E-state index contributed by atoms with van der Waals surface area (Å²) in [6.07, 6.45) is 4.03. The molecule has 170 valence electrons. The first-order chi connectivity index (χ1) is 15.1. The van der Waals surface area contributed by atoms with E-state index in [9.17, 15) is 8.42 Å². The van der Waals surface area contributed by atoms with Crippen molar-refractivity contribution in [3.05, 3.63) is 47.7 Å². The van der Waals surface area contributed by atoms with E-state index in [0.29, 0.717) is 11.4 Å². The third-order valence-corrected chi connectivity index (χ3v) is 7.71. The van der Waals surface area contributed by atoms with Gasteiger partial charge in [0.25, 0.3) is 0 Å². The number of benzene rings is 1. The highest BCUT2D eigenvalue weighted by Crippen LogP contribution is 2.47. The zero-order chi connectivity index (χ0) is 22.7. The largest absolute Gasteiger partial charge is 0.380 e. The predicted molar refractivity (Wildman–Crippen MR) is 121 cm³/mol. The minimum Gasteiger partial charge on any atom is -0.380 e. The van der Waals surface area contributed by atoms with E-state index in [1.165, 1.54) is 6.26 Å². The quantitative estimate of drug-likeness (QED) is 0.646. The van der Waals surface area contributed by atoms with Crippen molar-refractivity contribution in [3.63, 3.8) is 0 Å². The van der Waals surface area contributed by atoms with Crippen LogP contribution in [0.5, 0.6) is 0 Å². The van der Waals surface area contributed by atoms with Crippen LogP contribution in [-0.4, -0.2) is 54.0 Å². The van der Waals surface area contributed by atoms with Gasteiger partial charge in [0.2, 0.25) is 0 Å². The number of fused-ring (bicyclic) bond motifs is 1. The van der Waals surface area contributed by atoms with Crippen molar-refractivity contribution in [3.8, 4) is 0 Å². The normalized spacial score (nSPS) is 20.7. The molecule has 5 rings (SSSR count). The second-order valence-corrected chi connectivity index (χ2v) is 12.1. The minimum absolute atomic E-state index is 0.0586. The Morgan fingerprint density at radius 3 is 2.62 bits per heavy atom. The number of aromatic nitrogens is 4. The third kappa shape index (κ3) is 3.52. The average Bonchev–Trinajstić information content (AvgIpc) is 3.31. The highest BCUT2D eigenvalue weighted by molar-refractivity contribution is 7.90.